The van der Waals surface area contributed by atoms with Gasteiger partial charge in [-0.2, -0.15) is 0 Å². The molecule has 1 saturated carbocycles. The second-order valence-corrected chi connectivity index (χ2v) is 7.72. The van der Waals surface area contributed by atoms with Crippen LogP contribution in [-0.2, 0) is 15.8 Å². The number of rotatable bonds is 5. The Bertz CT molecular complexity index is 580. The highest BCUT2D eigenvalue weighted by Gasteiger charge is 2.40. The van der Waals surface area contributed by atoms with Crippen LogP contribution in [0.2, 0.25) is 0 Å². The normalized spacial score (nSPS) is 25.5. The summed E-state index contributed by atoms with van der Waals surface area (Å²) in [5, 5.41) is 0. The molecule has 1 fully saturated rings. The molecule has 0 bridgehead atoms. The van der Waals surface area contributed by atoms with E-state index in [0.717, 1.165) is 25.7 Å². The first kappa shape index (κ1) is 19.4. The van der Waals surface area contributed by atoms with Gasteiger partial charge in [-0.05, 0) is 36.5 Å². The predicted molar refractivity (Wildman–Crippen MR) is 88.8 cm³/mol. The molecule has 2 unspecified atom stereocenters. The van der Waals surface area contributed by atoms with E-state index >= 15 is 0 Å². The van der Waals surface area contributed by atoms with E-state index in [2.05, 4.69) is 4.72 Å². The summed E-state index contributed by atoms with van der Waals surface area (Å²) in [6, 6.07) is 5.53. The molecule has 0 saturated heterocycles. The highest BCUT2D eigenvalue weighted by atomic mass is 35.5. The molecule has 7 heteroatoms. The second kappa shape index (κ2) is 7.73. The van der Waals surface area contributed by atoms with Gasteiger partial charge in [0.1, 0.15) is 5.82 Å². The average Bonchev–Trinajstić information content (AvgIpc) is 2.43. The lowest BCUT2D eigenvalue weighted by Gasteiger charge is -2.42. The number of halogens is 2. The van der Waals surface area contributed by atoms with Crippen LogP contribution in [-0.4, -0.2) is 20.5 Å². The van der Waals surface area contributed by atoms with Crippen LogP contribution >= 0.6 is 12.4 Å². The third-order valence-electron chi connectivity index (χ3n) is 4.45. The molecule has 0 aliphatic heterocycles. The third kappa shape index (κ3) is 4.65. The molecule has 4 nitrogen and oxygen atoms in total. The van der Waals surface area contributed by atoms with Gasteiger partial charge in [-0.3, -0.25) is 0 Å². The zero-order valence-corrected chi connectivity index (χ0v) is 14.4. The lowest BCUT2D eigenvalue weighted by Crippen LogP contribution is -2.59. The molecule has 1 aliphatic rings. The monoisotopic (exact) mass is 350 g/mol. The Morgan fingerprint density at radius 1 is 1.32 bits per heavy atom. The Balaban J connectivity index is 0.00000242. The minimum absolute atomic E-state index is 0. The Labute approximate surface area is 138 Å². The van der Waals surface area contributed by atoms with Crippen molar-refractivity contribution in [3.05, 3.63) is 35.6 Å². The number of hydrogen-bond acceptors (Lipinski definition) is 3. The summed E-state index contributed by atoms with van der Waals surface area (Å²) in [7, 11) is -3.50. The van der Waals surface area contributed by atoms with Crippen molar-refractivity contribution >= 4 is 22.4 Å². The summed E-state index contributed by atoms with van der Waals surface area (Å²) < 4.78 is 40.5. The molecule has 22 heavy (non-hydrogen) atoms. The van der Waals surface area contributed by atoms with Crippen molar-refractivity contribution in [3.8, 4) is 0 Å². The molecule has 0 amide bonds. The van der Waals surface area contributed by atoms with Gasteiger partial charge in [-0.25, -0.2) is 17.5 Å². The Morgan fingerprint density at radius 3 is 2.50 bits per heavy atom. The Morgan fingerprint density at radius 2 is 1.95 bits per heavy atom. The van der Waals surface area contributed by atoms with Gasteiger partial charge in [0.25, 0.3) is 0 Å². The number of benzene rings is 1. The molecular weight excluding hydrogens is 327 g/mol. The standard InChI is InChI=1S/C15H23FN2O2S.ClH/c1-12-4-2-3-9-15(12,11-17)18-21(19,20)10-13-5-7-14(16)8-6-13;/h5-8,12,18H,2-4,9-11,17H2,1H3;1H. The lowest BCUT2D eigenvalue weighted by molar-refractivity contribution is 0.191. The van der Waals surface area contributed by atoms with Gasteiger partial charge in [0.15, 0.2) is 0 Å². The first-order chi connectivity index (χ1) is 9.87. The molecular formula is C15H24ClFN2O2S. The van der Waals surface area contributed by atoms with Crippen LogP contribution in [0.1, 0.15) is 38.2 Å². The lowest BCUT2D eigenvalue weighted by atomic mass is 9.74. The second-order valence-electron chi connectivity index (χ2n) is 5.99. The Kier molecular flexibility index (Phi) is 6.80. The van der Waals surface area contributed by atoms with Crippen molar-refractivity contribution < 1.29 is 12.8 Å². The number of nitrogens with two attached hydrogens (primary N) is 1. The fourth-order valence-corrected chi connectivity index (χ4v) is 4.77. The minimum Gasteiger partial charge on any atom is -0.329 e. The van der Waals surface area contributed by atoms with Crippen LogP contribution in [0.4, 0.5) is 4.39 Å². The maximum atomic E-state index is 12.9. The first-order valence-electron chi connectivity index (χ1n) is 7.33. The van der Waals surface area contributed by atoms with Crippen LogP contribution in [0.25, 0.3) is 0 Å². The largest absolute Gasteiger partial charge is 0.329 e. The molecule has 3 N–H and O–H groups in total. The summed E-state index contributed by atoms with van der Waals surface area (Å²) in [6.07, 6.45) is 3.85. The van der Waals surface area contributed by atoms with E-state index in [0.29, 0.717) is 12.1 Å². The summed E-state index contributed by atoms with van der Waals surface area (Å²) in [6.45, 7) is 2.35. The summed E-state index contributed by atoms with van der Waals surface area (Å²) in [5.74, 6) is -0.301. The Hall–Kier alpha value is -0.690. The van der Waals surface area contributed by atoms with Gasteiger partial charge in [-0.15, -0.1) is 12.4 Å². The van der Waals surface area contributed by atoms with Crippen molar-refractivity contribution in [1.29, 1.82) is 0 Å². The number of sulfonamides is 1. The zero-order chi connectivity index (χ0) is 15.5. The summed E-state index contributed by atoms with van der Waals surface area (Å²) in [4.78, 5) is 0. The minimum atomic E-state index is -3.50. The van der Waals surface area contributed by atoms with Crippen molar-refractivity contribution in [1.82, 2.24) is 4.72 Å². The fourth-order valence-electron chi connectivity index (χ4n) is 3.06. The van der Waals surface area contributed by atoms with E-state index in [1.165, 1.54) is 24.3 Å². The van der Waals surface area contributed by atoms with Gasteiger partial charge in [0, 0.05) is 12.1 Å². The van der Waals surface area contributed by atoms with E-state index in [-0.39, 0.29) is 29.9 Å². The van der Waals surface area contributed by atoms with Gasteiger partial charge >= 0.3 is 0 Å². The fraction of sp³-hybridized carbons (Fsp3) is 0.600. The first-order valence-corrected chi connectivity index (χ1v) is 8.98. The molecule has 0 aromatic heterocycles. The number of nitrogens with one attached hydrogen (secondary N) is 1. The topological polar surface area (TPSA) is 72.2 Å². The molecule has 0 heterocycles. The molecule has 0 spiro atoms. The summed E-state index contributed by atoms with van der Waals surface area (Å²) >= 11 is 0. The van der Waals surface area contributed by atoms with E-state index in [1.807, 2.05) is 6.92 Å². The van der Waals surface area contributed by atoms with E-state index in [9.17, 15) is 12.8 Å². The molecule has 2 rings (SSSR count). The zero-order valence-electron chi connectivity index (χ0n) is 12.7. The molecule has 0 radical (unpaired) electrons. The maximum absolute atomic E-state index is 12.9. The van der Waals surface area contributed by atoms with Crippen LogP contribution in [0.3, 0.4) is 0 Å². The average molecular weight is 351 g/mol. The van der Waals surface area contributed by atoms with Gasteiger partial charge < -0.3 is 5.73 Å². The van der Waals surface area contributed by atoms with Crippen molar-refractivity contribution in [2.45, 2.75) is 43.9 Å². The van der Waals surface area contributed by atoms with E-state index in [4.69, 9.17) is 5.73 Å². The quantitative estimate of drug-likeness (QED) is 0.857. The van der Waals surface area contributed by atoms with Crippen molar-refractivity contribution in [3.63, 3.8) is 0 Å². The van der Waals surface area contributed by atoms with Crippen LogP contribution in [0.15, 0.2) is 24.3 Å². The van der Waals surface area contributed by atoms with Crippen LogP contribution in [0, 0.1) is 11.7 Å². The maximum Gasteiger partial charge on any atom is 0.216 e. The highest BCUT2D eigenvalue weighted by molar-refractivity contribution is 7.88. The van der Waals surface area contributed by atoms with Crippen molar-refractivity contribution in [2.24, 2.45) is 11.7 Å². The molecule has 126 valence electrons. The number of hydrogen-bond donors (Lipinski definition) is 2. The van der Waals surface area contributed by atoms with Crippen LogP contribution < -0.4 is 10.5 Å². The smallest absolute Gasteiger partial charge is 0.216 e. The molecule has 2 atom stereocenters. The van der Waals surface area contributed by atoms with Crippen molar-refractivity contribution in [2.75, 3.05) is 6.54 Å². The van der Waals surface area contributed by atoms with Gasteiger partial charge in [0.05, 0.1) is 5.75 Å². The van der Waals surface area contributed by atoms with E-state index in [1.54, 1.807) is 0 Å². The SMILES string of the molecule is CC1CCCCC1(CN)NS(=O)(=O)Cc1ccc(F)cc1.Cl. The molecule has 1 aliphatic carbocycles. The summed E-state index contributed by atoms with van der Waals surface area (Å²) in [5.41, 5.74) is 5.90. The third-order valence-corrected chi connectivity index (χ3v) is 5.88. The predicted octanol–water partition coefficient (Wildman–Crippen LogP) is 2.57. The molecule has 1 aromatic rings. The van der Waals surface area contributed by atoms with Crippen LogP contribution in [0.5, 0.6) is 0 Å². The van der Waals surface area contributed by atoms with Gasteiger partial charge in [0.2, 0.25) is 10.0 Å². The highest BCUT2D eigenvalue weighted by Crippen LogP contribution is 2.33. The van der Waals surface area contributed by atoms with Gasteiger partial charge in [-0.1, -0.05) is 31.9 Å². The molecule has 1 aromatic carbocycles. The van der Waals surface area contributed by atoms with E-state index < -0.39 is 15.6 Å².